The maximum Gasteiger partial charge on any atom is 2.00 e. The SMILES string of the molecule is [Ca+2].[Cu+2].[O-]c1ccccc1.[O-]c1ccccc1.[O-]c1ccccc1.[O-]c1ccccc1. The van der Waals surface area contributed by atoms with Crippen molar-refractivity contribution in [3.05, 3.63) is 121 Å². The minimum absolute atomic E-state index is 0. The summed E-state index contributed by atoms with van der Waals surface area (Å²) in [6.45, 7) is 0. The van der Waals surface area contributed by atoms with Crippen LogP contribution in [0.25, 0.3) is 0 Å². The summed E-state index contributed by atoms with van der Waals surface area (Å²) >= 11 is 0. The summed E-state index contributed by atoms with van der Waals surface area (Å²) < 4.78 is 0. The molecule has 0 heterocycles. The van der Waals surface area contributed by atoms with Crippen LogP contribution in [0.1, 0.15) is 0 Å². The summed E-state index contributed by atoms with van der Waals surface area (Å²) in [5, 5.41) is 41.1. The van der Waals surface area contributed by atoms with Crippen LogP contribution in [0.5, 0.6) is 23.0 Å². The number of benzene rings is 4. The van der Waals surface area contributed by atoms with Crippen LogP contribution in [0.4, 0.5) is 0 Å². The quantitative estimate of drug-likeness (QED) is 0.365. The molecule has 0 N–H and O–H groups in total. The average molecular weight is 476 g/mol. The number of hydrogen-bond acceptors (Lipinski definition) is 4. The van der Waals surface area contributed by atoms with Crippen LogP contribution in [0, 0.1) is 0 Å². The van der Waals surface area contributed by atoms with Gasteiger partial charge in [0.25, 0.3) is 0 Å². The third-order valence-corrected chi connectivity index (χ3v) is 2.97. The van der Waals surface area contributed by atoms with E-state index in [-0.39, 0.29) is 77.8 Å². The van der Waals surface area contributed by atoms with E-state index in [1.807, 2.05) is 24.3 Å². The van der Waals surface area contributed by atoms with Crippen molar-refractivity contribution in [1.82, 2.24) is 0 Å². The standard InChI is InChI=1S/4C6H6O.Ca.Cu/c4*7-6-4-2-1-3-5-6;;/h4*1-5,7H;;/q;;;;2*+2/p-4. The molecule has 4 rings (SSSR count). The molecule has 0 aromatic heterocycles. The van der Waals surface area contributed by atoms with E-state index >= 15 is 0 Å². The Hall–Kier alpha value is -2.14. The predicted molar refractivity (Wildman–Crippen MR) is 109 cm³/mol. The molecule has 0 saturated heterocycles. The Morgan fingerprint density at radius 1 is 0.300 bits per heavy atom. The molecule has 0 saturated carbocycles. The van der Waals surface area contributed by atoms with Gasteiger partial charge in [0, 0.05) is 0 Å². The van der Waals surface area contributed by atoms with Gasteiger partial charge in [-0.3, -0.25) is 0 Å². The molecule has 1 radical (unpaired) electrons. The monoisotopic (exact) mass is 475 g/mol. The molecule has 4 aromatic carbocycles. The van der Waals surface area contributed by atoms with Gasteiger partial charge in [-0.25, -0.2) is 0 Å². The predicted octanol–water partition coefficient (Wildman–Crippen LogP) is 2.66. The molecule has 0 aliphatic rings. The Labute approximate surface area is 218 Å². The fourth-order valence-electron chi connectivity index (χ4n) is 1.68. The molecule has 6 heteroatoms. The molecule has 0 fully saturated rings. The largest absolute Gasteiger partial charge is 2.00 e. The molecular formula is C24H20CaCuO4. The molecule has 0 amide bonds. The first kappa shape index (κ1) is 30.1. The van der Waals surface area contributed by atoms with Crippen molar-refractivity contribution in [2.45, 2.75) is 0 Å². The second-order valence-corrected chi connectivity index (χ2v) is 5.25. The van der Waals surface area contributed by atoms with Crippen molar-refractivity contribution in [2.75, 3.05) is 0 Å². The van der Waals surface area contributed by atoms with Gasteiger partial charge in [0.15, 0.2) is 0 Å². The normalized spacial score (nSPS) is 8.00. The van der Waals surface area contributed by atoms with E-state index in [1.165, 1.54) is 48.5 Å². The maximum atomic E-state index is 10.3. The Morgan fingerprint density at radius 3 is 0.500 bits per heavy atom. The summed E-state index contributed by atoms with van der Waals surface area (Å²) in [7, 11) is 0. The molecule has 0 atom stereocenters. The molecule has 0 bridgehead atoms. The van der Waals surface area contributed by atoms with Gasteiger partial charge < -0.3 is 20.4 Å². The third-order valence-electron chi connectivity index (χ3n) is 2.97. The number of rotatable bonds is 0. The van der Waals surface area contributed by atoms with Crippen molar-refractivity contribution < 1.29 is 37.5 Å². The van der Waals surface area contributed by atoms with Crippen molar-refractivity contribution in [1.29, 1.82) is 0 Å². The van der Waals surface area contributed by atoms with Gasteiger partial charge in [-0.2, -0.15) is 0 Å². The van der Waals surface area contributed by atoms with Gasteiger partial charge in [0.2, 0.25) is 0 Å². The second-order valence-electron chi connectivity index (χ2n) is 5.25. The third kappa shape index (κ3) is 17.9. The topological polar surface area (TPSA) is 92.2 Å². The molecule has 153 valence electrons. The van der Waals surface area contributed by atoms with Crippen LogP contribution < -0.4 is 20.4 Å². The molecule has 0 unspecified atom stereocenters. The van der Waals surface area contributed by atoms with E-state index in [4.69, 9.17) is 0 Å². The zero-order valence-corrected chi connectivity index (χ0v) is 19.3. The van der Waals surface area contributed by atoms with Crippen molar-refractivity contribution in [3.63, 3.8) is 0 Å². The minimum atomic E-state index is 0. The number of para-hydroxylation sites is 4. The van der Waals surface area contributed by atoms with Gasteiger partial charge in [-0.05, 0) is 0 Å². The smallest absolute Gasteiger partial charge is 0.872 e. The first-order chi connectivity index (χ1) is 13.6. The molecule has 0 spiro atoms. The van der Waals surface area contributed by atoms with Crippen molar-refractivity contribution in [2.24, 2.45) is 0 Å². The summed E-state index contributed by atoms with van der Waals surface area (Å²) in [5.41, 5.74) is 0. The van der Waals surface area contributed by atoms with Crippen LogP contribution >= 0.6 is 0 Å². The molecule has 30 heavy (non-hydrogen) atoms. The van der Waals surface area contributed by atoms with E-state index < -0.39 is 0 Å². The summed E-state index contributed by atoms with van der Waals surface area (Å²) in [4.78, 5) is 0. The summed E-state index contributed by atoms with van der Waals surface area (Å²) in [6.07, 6.45) is 0. The first-order valence-electron chi connectivity index (χ1n) is 8.46. The summed E-state index contributed by atoms with van der Waals surface area (Å²) in [6, 6.07) is 33.3. The van der Waals surface area contributed by atoms with E-state index in [9.17, 15) is 20.4 Å². The first-order valence-corrected chi connectivity index (χ1v) is 8.46. The zero-order chi connectivity index (χ0) is 20.5. The number of hydrogen-bond donors (Lipinski definition) is 0. The fraction of sp³-hybridized carbons (Fsp3) is 0. The van der Waals surface area contributed by atoms with Crippen molar-refractivity contribution >= 4 is 37.7 Å². The Morgan fingerprint density at radius 2 is 0.433 bits per heavy atom. The zero-order valence-electron chi connectivity index (χ0n) is 16.2. The van der Waals surface area contributed by atoms with Crippen LogP contribution in [0.2, 0.25) is 0 Å². The minimum Gasteiger partial charge on any atom is -0.872 e. The molecule has 4 nitrogen and oxygen atoms in total. The molecule has 4 aromatic rings. The molecular weight excluding hydrogens is 456 g/mol. The van der Waals surface area contributed by atoms with Crippen LogP contribution in [0.3, 0.4) is 0 Å². The van der Waals surface area contributed by atoms with Crippen LogP contribution in [-0.2, 0) is 17.1 Å². The Balaban J connectivity index is 0. The Bertz CT molecular complexity index is 699. The Kier molecular flexibility index (Phi) is 20.2. The van der Waals surface area contributed by atoms with E-state index in [2.05, 4.69) is 0 Å². The van der Waals surface area contributed by atoms with Crippen LogP contribution in [0.15, 0.2) is 121 Å². The van der Waals surface area contributed by atoms with E-state index in [1.54, 1.807) is 48.5 Å². The molecule has 0 aliphatic carbocycles. The summed E-state index contributed by atoms with van der Waals surface area (Å²) in [5.74, 6) is 0.287. The van der Waals surface area contributed by atoms with Gasteiger partial charge in [-0.15, -0.1) is 23.0 Å². The van der Waals surface area contributed by atoms with Gasteiger partial charge in [0.05, 0.1) is 0 Å². The van der Waals surface area contributed by atoms with Gasteiger partial charge >= 0.3 is 54.8 Å². The van der Waals surface area contributed by atoms with Gasteiger partial charge in [0.1, 0.15) is 0 Å². The van der Waals surface area contributed by atoms with Crippen LogP contribution in [-0.4, -0.2) is 37.7 Å². The van der Waals surface area contributed by atoms with E-state index in [0.717, 1.165) is 0 Å². The second kappa shape index (κ2) is 20.1. The average Bonchev–Trinajstić information content (AvgIpc) is 2.72. The maximum absolute atomic E-state index is 10.3. The van der Waals surface area contributed by atoms with Gasteiger partial charge in [-0.1, -0.05) is 121 Å². The van der Waals surface area contributed by atoms with Crippen molar-refractivity contribution in [3.8, 4) is 23.0 Å². The van der Waals surface area contributed by atoms with E-state index in [0.29, 0.717) is 0 Å². The molecule has 0 aliphatic heterocycles. The fourth-order valence-corrected chi connectivity index (χ4v) is 1.68.